The zero-order valence-electron chi connectivity index (χ0n) is 15.7. The topological polar surface area (TPSA) is 67.2 Å². The van der Waals surface area contributed by atoms with E-state index in [2.05, 4.69) is 21.9 Å². The summed E-state index contributed by atoms with van der Waals surface area (Å²) < 4.78 is 1.85. The van der Waals surface area contributed by atoms with Crippen molar-refractivity contribution >= 4 is 23.2 Å². The number of aromatic nitrogens is 2. The van der Waals surface area contributed by atoms with E-state index in [0.29, 0.717) is 32.4 Å². The molecule has 7 heteroatoms. The molecule has 0 saturated heterocycles. The Morgan fingerprint density at radius 1 is 1.31 bits per heavy atom. The van der Waals surface area contributed by atoms with Gasteiger partial charge in [-0.05, 0) is 49.3 Å². The number of thiophene rings is 1. The number of hydrogen-bond donors (Lipinski definition) is 1. The first-order valence-electron chi connectivity index (χ1n) is 9.04. The molecular formula is C19H26N4O2S. The van der Waals surface area contributed by atoms with E-state index in [1.54, 1.807) is 11.3 Å². The van der Waals surface area contributed by atoms with Crippen LogP contribution in [0.2, 0.25) is 0 Å². The molecule has 0 saturated carbocycles. The van der Waals surface area contributed by atoms with Crippen molar-refractivity contribution in [3.05, 3.63) is 38.8 Å². The van der Waals surface area contributed by atoms with Gasteiger partial charge in [-0.3, -0.25) is 14.3 Å². The Kier molecular flexibility index (Phi) is 5.76. The van der Waals surface area contributed by atoms with E-state index in [1.807, 2.05) is 30.5 Å². The lowest BCUT2D eigenvalue weighted by atomic mass is 10.1. The summed E-state index contributed by atoms with van der Waals surface area (Å²) in [5.74, 6) is 0.0975. The molecule has 0 unspecified atom stereocenters. The molecule has 0 radical (unpaired) electrons. The molecule has 1 N–H and O–H groups in total. The van der Waals surface area contributed by atoms with Gasteiger partial charge in [-0.15, -0.1) is 11.3 Å². The molecule has 140 valence electrons. The van der Waals surface area contributed by atoms with Gasteiger partial charge in [-0.25, -0.2) is 0 Å². The number of carbonyl (C=O) groups excluding carboxylic acids is 2. The van der Waals surface area contributed by atoms with Crippen LogP contribution < -0.4 is 5.32 Å². The molecule has 0 aliphatic carbocycles. The van der Waals surface area contributed by atoms with Gasteiger partial charge in [0.1, 0.15) is 0 Å². The third-order valence-corrected chi connectivity index (χ3v) is 6.11. The second-order valence-corrected chi connectivity index (χ2v) is 7.81. The van der Waals surface area contributed by atoms with E-state index in [-0.39, 0.29) is 11.8 Å². The molecule has 2 amide bonds. The van der Waals surface area contributed by atoms with E-state index in [0.717, 1.165) is 29.9 Å². The van der Waals surface area contributed by atoms with Crippen molar-refractivity contribution in [3.63, 3.8) is 0 Å². The van der Waals surface area contributed by atoms with Crippen molar-refractivity contribution in [1.82, 2.24) is 20.0 Å². The van der Waals surface area contributed by atoms with Crippen LogP contribution in [0.25, 0.3) is 0 Å². The number of carbonyl (C=O) groups is 2. The van der Waals surface area contributed by atoms with Crippen LogP contribution in [0.4, 0.5) is 0 Å². The van der Waals surface area contributed by atoms with Gasteiger partial charge in [-0.2, -0.15) is 5.10 Å². The van der Waals surface area contributed by atoms with Crippen LogP contribution in [0, 0.1) is 13.8 Å². The quantitative estimate of drug-likeness (QED) is 0.842. The van der Waals surface area contributed by atoms with Crippen LogP contribution in [-0.2, 0) is 36.0 Å². The van der Waals surface area contributed by atoms with Crippen LogP contribution in [-0.4, -0.2) is 39.6 Å². The minimum atomic E-state index is -0.0146. The number of nitrogens with zero attached hydrogens (tertiary/aromatic N) is 3. The molecule has 0 atom stereocenters. The van der Waals surface area contributed by atoms with Crippen molar-refractivity contribution in [3.8, 4) is 0 Å². The first-order chi connectivity index (χ1) is 12.5. The van der Waals surface area contributed by atoms with Crippen molar-refractivity contribution in [2.45, 2.75) is 46.1 Å². The van der Waals surface area contributed by atoms with Crippen LogP contribution in [0.3, 0.4) is 0 Å². The highest BCUT2D eigenvalue weighted by Crippen LogP contribution is 2.24. The molecule has 6 nitrogen and oxygen atoms in total. The fourth-order valence-corrected chi connectivity index (χ4v) is 4.32. The average molecular weight is 375 g/mol. The predicted molar refractivity (Wildman–Crippen MR) is 102 cm³/mol. The van der Waals surface area contributed by atoms with Crippen molar-refractivity contribution in [2.75, 3.05) is 13.1 Å². The van der Waals surface area contributed by atoms with Crippen LogP contribution in [0.1, 0.15) is 40.2 Å². The predicted octanol–water partition coefficient (Wildman–Crippen LogP) is 2.12. The van der Waals surface area contributed by atoms with Crippen LogP contribution in [0.15, 0.2) is 11.4 Å². The number of fused-ring (bicyclic) bond motifs is 1. The molecule has 1 aliphatic heterocycles. The van der Waals surface area contributed by atoms with E-state index in [4.69, 9.17) is 0 Å². The molecule has 26 heavy (non-hydrogen) atoms. The molecule has 2 aromatic rings. The Morgan fingerprint density at radius 3 is 2.85 bits per heavy atom. The second-order valence-electron chi connectivity index (χ2n) is 6.81. The van der Waals surface area contributed by atoms with Gasteiger partial charge in [0.25, 0.3) is 0 Å². The maximum absolute atomic E-state index is 12.3. The first kappa shape index (κ1) is 18.6. The minimum Gasteiger partial charge on any atom is -0.356 e. The van der Waals surface area contributed by atoms with Gasteiger partial charge in [0.05, 0.1) is 5.69 Å². The number of hydrogen-bond acceptors (Lipinski definition) is 4. The minimum absolute atomic E-state index is 0.0146. The van der Waals surface area contributed by atoms with Gasteiger partial charge < -0.3 is 10.2 Å². The lowest BCUT2D eigenvalue weighted by Crippen LogP contribution is -2.37. The Morgan fingerprint density at radius 2 is 2.12 bits per heavy atom. The molecule has 0 spiro atoms. The zero-order chi connectivity index (χ0) is 18.7. The molecule has 1 aliphatic rings. The zero-order valence-corrected chi connectivity index (χ0v) is 16.5. The lowest BCUT2D eigenvalue weighted by Gasteiger charge is -2.27. The fraction of sp³-hybridized carbons (Fsp3) is 0.526. The van der Waals surface area contributed by atoms with E-state index >= 15 is 0 Å². The number of nitrogens with one attached hydrogen (secondary N) is 1. The van der Waals surface area contributed by atoms with E-state index < -0.39 is 0 Å². The molecule has 2 aromatic heterocycles. The van der Waals surface area contributed by atoms with Gasteiger partial charge in [0.2, 0.25) is 11.8 Å². The van der Waals surface area contributed by atoms with Gasteiger partial charge in [0.15, 0.2) is 0 Å². The van der Waals surface area contributed by atoms with Gasteiger partial charge in [0, 0.05) is 50.1 Å². The van der Waals surface area contributed by atoms with Crippen molar-refractivity contribution in [2.24, 2.45) is 7.05 Å². The summed E-state index contributed by atoms with van der Waals surface area (Å²) >= 11 is 1.77. The molecule has 3 heterocycles. The average Bonchev–Trinajstić information content (AvgIpc) is 3.17. The van der Waals surface area contributed by atoms with Gasteiger partial charge >= 0.3 is 0 Å². The molecule has 3 rings (SSSR count). The summed E-state index contributed by atoms with van der Waals surface area (Å²) in [4.78, 5) is 27.7. The third-order valence-electron chi connectivity index (χ3n) is 5.08. The monoisotopic (exact) mass is 374 g/mol. The normalized spacial score (nSPS) is 13.6. The summed E-state index contributed by atoms with van der Waals surface area (Å²) in [6, 6.07) is 2.10. The number of aryl methyl sites for hydroxylation is 2. The molecule has 0 fully saturated rings. The Hall–Kier alpha value is -2.15. The van der Waals surface area contributed by atoms with Gasteiger partial charge in [-0.1, -0.05) is 0 Å². The second kappa shape index (κ2) is 8.03. The summed E-state index contributed by atoms with van der Waals surface area (Å²) in [7, 11) is 1.91. The standard InChI is InChI=1S/C19H26N4O2S/c1-13-16(14(2)22(3)21-13)4-5-18(24)20-9-6-19(25)23-10-7-17-15(12-23)8-11-26-17/h8,11H,4-7,9-10,12H2,1-3H3,(H,20,24). The number of rotatable bonds is 6. The molecule has 0 bridgehead atoms. The lowest BCUT2D eigenvalue weighted by molar-refractivity contribution is -0.132. The maximum atomic E-state index is 12.3. The first-order valence-corrected chi connectivity index (χ1v) is 9.92. The van der Waals surface area contributed by atoms with Crippen molar-refractivity contribution in [1.29, 1.82) is 0 Å². The molecular weight excluding hydrogens is 348 g/mol. The molecule has 0 aromatic carbocycles. The summed E-state index contributed by atoms with van der Waals surface area (Å²) in [5.41, 5.74) is 4.48. The Bertz CT molecular complexity index is 809. The largest absolute Gasteiger partial charge is 0.356 e. The SMILES string of the molecule is Cc1nn(C)c(C)c1CCC(=O)NCCC(=O)N1CCc2sccc2C1. The smallest absolute Gasteiger partial charge is 0.224 e. The van der Waals surface area contributed by atoms with E-state index in [1.165, 1.54) is 10.4 Å². The Balaban J connectivity index is 1.39. The van der Waals surface area contributed by atoms with Crippen LogP contribution >= 0.6 is 11.3 Å². The highest BCUT2D eigenvalue weighted by molar-refractivity contribution is 7.10. The number of amides is 2. The fourth-order valence-electron chi connectivity index (χ4n) is 3.43. The third kappa shape index (κ3) is 4.15. The van der Waals surface area contributed by atoms with Crippen LogP contribution in [0.5, 0.6) is 0 Å². The summed E-state index contributed by atoms with van der Waals surface area (Å²) in [5, 5.41) is 9.33. The summed E-state index contributed by atoms with van der Waals surface area (Å²) in [6.45, 7) is 5.86. The summed E-state index contributed by atoms with van der Waals surface area (Å²) in [6.07, 6.45) is 2.40. The highest BCUT2D eigenvalue weighted by Gasteiger charge is 2.21. The highest BCUT2D eigenvalue weighted by atomic mass is 32.1. The van der Waals surface area contributed by atoms with E-state index in [9.17, 15) is 9.59 Å². The maximum Gasteiger partial charge on any atom is 0.224 e. The Labute approximate surface area is 158 Å². The van der Waals surface area contributed by atoms with Crippen molar-refractivity contribution < 1.29 is 9.59 Å².